The second-order valence-electron chi connectivity index (χ2n) is 10.7. The fraction of sp³-hybridized carbons (Fsp3) is 0.483. The van der Waals surface area contributed by atoms with Crippen LogP contribution in [0.1, 0.15) is 49.9 Å². The molecule has 3 aliphatic rings. The Balaban J connectivity index is 1.27. The van der Waals surface area contributed by atoms with Crippen LogP contribution in [0.3, 0.4) is 0 Å². The van der Waals surface area contributed by atoms with E-state index in [1.807, 2.05) is 50.2 Å². The van der Waals surface area contributed by atoms with Crippen molar-refractivity contribution in [2.75, 3.05) is 25.6 Å². The highest BCUT2D eigenvalue weighted by molar-refractivity contribution is 7.99. The Morgan fingerprint density at radius 3 is 2.72 bits per heavy atom. The highest BCUT2D eigenvalue weighted by Crippen LogP contribution is 2.44. The summed E-state index contributed by atoms with van der Waals surface area (Å²) in [5, 5.41) is 9.36. The van der Waals surface area contributed by atoms with Crippen LogP contribution in [0.5, 0.6) is 0 Å². The van der Waals surface area contributed by atoms with Crippen LogP contribution < -0.4 is 16.0 Å². The SMILES string of the molecule is COC1OCC[C@@H]1NC(=O)[C@H](CC(C)C)NC(=O)[C@@H]1CCCN1C(=O)c1ccc2c(c1)Nc1ccccc1S2. The summed E-state index contributed by atoms with van der Waals surface area (Å²) in [6.45, 7) is 5.02. The van der Waals surface area contributed by atoms with Crippen LogP contribution in [0.4, 0.5) is 11.4 Å². The lowest BCUT2D eigenvalue weighted by Crippen LogP contribution is -2.55. The lowest BCUT2D eigenvalue weighted by Gasteiger charge is -2.28. The molecule has 0 bridgehead atoms. The first kappa shape index (κ1) is 27.5. The molecule has 2 fully saturated rings. The van der Waals surface area contributed by atoms with Crippen LogP contribution in [-0.4, -0.2) is 67.3 Å². The topological polar surface area (TPSA) is 109 Å². The fourth-order valence-electron chi connectivity index (χ4n) is 5.41. The molecular formula is C29H36N4O5S. The molecule has 0 spiro atoms. The van der Waals surface area contributed by atoms with Crippen molar-refractivity contribution in [1.29, 1.82) is 0 Å². The third-order valence-electron chi connectivity index (χ3n) is 7.36. The van der Waals surface area contributed by atoms with Crippen molar-refractivity contribution in [3.8, 4) is 0 Å². The van der Waals surface area contributed by atoms with Crippen molar-refractivity contribution in [2.24, 2.45) is 5.92 Å². The number of likely N-dealkylation sites (tertiary alicyclic amines) is 1. The van der Waals surface area contributed by atoms with Crippen molar-refractivity contribution in [2.45, 2.75) is 73.7 Å². The molecule has 3 N–H and O–H groups in total. The summed E-state index contributed by atoms with van der Waals surface area (Å²) in [6.07, 6.45) is 1.93. The Hall–Kier alpha value is -3.08. The molecule has 4 atom stereocenters. The summed E-state index contributed by atoms with van der Waals surface area (Å²) in [4.78, 5) is 44.1. The van der Waals surface area contributed by atoms with Gasteiger partial charge in [0.15, 0.2) is 6.29 Å². The number of carbonyl (C=O) groups excluding carboxylic acids is 3. The van der Waals surface area contributed by atoms with Gasteiger partial charge >= 0.3 is 0 Å². The van der Waals surface area contributed by atoms with Crippen molar-refractivity contribution in [3.05, 3.63) is 48.0 Å². The molecule has 0 saturated carbocycles. The third-order valence-corrected chi connectivity index (χ3v) is 8.51. The van der Waals surface area contributed by atoms with E-state index >= 15 is 0 Å². The third kappa shape index (κ3) is 6.08. The Morgan fingerprint density at radius 2 is 1.92 bits per heavy atom. The normalized spacial score (nSPS) is 22.6. The maximum absolute atomic E-state index is 13.6. The van der Waals surface area contributed by atoms with E-state index in [2.05, 4.69) is 22.0 Å². The molecular weight excluding hydrogens is 516 g/mol. The first-order valence-electron chi connectivity index (χ1n) is 13.6. The van der Waals surface area contributed by atoms with E-state index in [1.165, 1.54) is 0 Å². The van der Waals surface area contributed by atoms with Crippen LogP contribution in [0.15, 0.2) is 52.3 Å². The van der Waals surface area contributed by atoms with E-state index in [9.17, 15) is 14.4 Å². The van der Waals surface area contributed by atoms with E-state index in [-0.39, 0.29) is 29.7 Å². The Kier molecular flexibility index (Phi) is 8.44. The molecule has 3 amide bonds. The number of methoxy groups -OCH3 is 1. The Bertz CT molecular complexity index is 1240. The van der Waals surface area contributed by atoms with Crippen molar-refractivity contribution >= 4 is 40.9 Å². The van der Waals surface area contributed by atoms with Gasteiger partial charge < -0.3 is 30.3 Å². The van der Waals surface area contributed by atoms with E-state index in [1.54, 1.807) is 23.8 Å². The highest BCUT2D eigenvalue weighted by Gasteiger charge is 2.38. The van der Waals surface area contributed by atoms with Gasteiger partial charge in [-0.3, -0.25) is 14.4 Å². The predicted molar refractivity (Wildman–Crippen MR) is 149 cm³/mol. The van der Waals surface area contributed by atoms with Crippen molar-refractivity contribution in [3.63, 3.8) is 0 Å². The monoisotopic (exact) mass is 552 g/mol. The number of amides is 3. The predicted octanol–water partition coefficient (Wildman–Crippen LogP) is 3.91. The van der Waals surface area contributed by atoms with Gasteiger partial charge in [-0.05, 0) is 61.9 Å². The standard InChI is InChI=1S/C29H36N4O5S/c1-17(2)15-22(26(34)31-20-12-14-38-29(20)37-3)32-27(35)23-8-6-13-33(23)28(36)18-10-11-25-21(16-18)30-19-7-4-5-9-24(19)39-25/h4-5,7,9-11,16-17,20,22-23,29-30H,6,8,12-15H2,1-3H3,(H,31,34)(H,32,35)/t20-,22-,23-,29?/m0/s1. The second kappa shape index (κ2) is 12.0. The zero-order chi connectivity index (χ0) is 27.5. The number of para-hydroxylation sites is 1. The molecule has 3 heterocycles. The molecule has 3 aliphatic heterocycles. The summed E-state index contributed by atoms with van der Waals surface area (Å²) in [7, 11) is 1.55. The van der Waals surface area contributed by atoms with Gasteiger partial charge in [-0.15, -0.1) is 0 Å². The lowest BCUT2D eigenvalue weighted by atomic mass is 10.0. The van der Waals surface area contributed by atoms with Crippen molar-refractivity contribution < 1.29 is 23.9 Å². The quantitative estimate of drug-likeness (QED) is 0.389. The molecule has 1 unspecified atom stereocenters. The summed E-state index contributed by atoms with van der Waals surface area (Å²) in [5.74, 6) is -0.555. The van der Waals surface area contributed by atoms with E-state index < -0.39 is 18.4 Å². The van der Waals surface area contributed by atoms with Crippen molar-refractivity contribution in [1.82, 2.24) is 15.5 Å². The van der Waals surface area contributed by atoms with Crippen LogP contribution >= 0.6 is 11.8 Å². The number of anilines is 2. The summed E-state index contributed by atoms with van der Waals surface area (Å²) >= 11 is 1.66. The van der Waals surface area contributed by atoms with Gasteiger partial charge in [0.1, 0.15) is 12.1 Å². The van der Waals surface area contributed by atoms with Gasteiger partial charge in [0.2, 0.25) is 11.8 Å². The molecule has 2 aromatic rings. The zero-order valence-corrected chi connectivity index (χ0v) is 23.4. The summed E-state index contributed by atoms with van der Waals surface area (Å²) < 4.78 is 10.8. The van der Waals surface area contributed by atoms with E-state index in [0.29, 0.717) is 38.0 Å². The van der Waals surface area contributed by atoms with Gasteiger partial charge in [0, 0.05) is 29.0 Å². The molecule has 0 aromatic heterocycles. The van der Waals surface area contributed by atoms with Gasteiger partial charge in [-0.25, -0.2) is 0 Å². The molecule has 0 radical (unpaired) electrons. The zero-order valence-electron chi connectivity index (χ0n) is 22.6. The minimum absolute atomic E-state index is 0.183. The number of hydrogen-bond donors (Lipinski definition) is 3. The highest BCUT2D eigenvalue weighted by atomic mass is 32.2. The number of benzene rings is 2. The van der Waals surface area contributed by atoms with E-state index in [0.717, 1.165) is 27.6 Å². The largest absolute Gasteiger partial charge is 0.354 e. The summed E-state index contributed by atoms with van der Waals surface area (Å²) in [5.41, 5.74) is 2.42. The lowest BCUT2D eigenvalue weighted by molar-refractivity contribution is -0.134. The van der Waals surface area contributed by atoms with E-state index in [4.69, 9.17) is 9.47 Å². The Labute approximate surface area is 233 Å². The number of nitrogens with one attached hydrogen (secondary N) is 3. The first-order valence-corrected chi connectivity index (χ1v) is 14.4. The number of rotatable bonds is 8. The maximum atomic E-state index is 13.6. The average Bonchev–Trinajstić information content (AvgIpc) is 3.60. The smallest absolute Gasteiger partial charge is 0.254 e. The molecule has 39 heavy (non-hydrogen) atoms. The van der Waals surface area contributed by atoms with Gasteiger partial charge in [-0.1, -0.05) is 37.7 Å². The van der Waals surface area contributed by atoms with Gasteiger partial charge in [0.25, 0.3) is 5.91 Å². The van der Waals surface area contributed by atoms with Crippen LogP contribution in [0.25, 0.3) is 0 Å². The second-order valence-corrected chi connectivity index (χ2v) is 11.7. The number of nitrogens with zero attached hydrogens (tertiary/aromatic N) is 1. The molecule has 2 saturated heterocycles. The first-order chi connectivity index (χ1) is 18.8. The molecule has 5 rings (SSSR count). The molecule has 10 heteroatoms. The number of hydrogen-bond acceptors (Lipinski definition) is 7. The van der Waals surface area contributed by atoms with Gasteiger partial charge in [0.05, 0.1) is 24.0 Å². The number of fused-ring (bicyclic) bond motifs is 2. The van der Waals surface area contributed by atoms with Crippen LogP contribution in [0, 0.1) is 5.92 Å². The number of carbonyl (C=O) groups is 3. The van der Waals surface area contributed by atoms with Crippen LogP contribution in [0.2, 0.25) is 0 Å². The fourth-order valence-corrected chi connectivity index (χ4v) is 6.38. The summed E-state index contributed by atoms with van der Waals surface area (Å²) in [6, 6.07) is 12.1. The van der Waals surface area contributed by atoms with Crippen LogP contribution in [-0.2, 0) is 19.1 Å². The number of ether oxygens (including phenoxy) is 2. The molecule has 0 aliphatic carbocycles. The molecule has 9 nitrogen and oxygen atoms in total. The maximum Gasteiger partial charge on any atom is 0.254 e. The minimum atomic E-state index is -0.710. The Morgan fingerprint density at radius 1 is 1.13 bits per heavy atom. The van der Waals surface area contributed by atoms with Gasteiger partial charge in [-0.2, -0.15) is 0 Å². The molecule has 2 aromatic carbocycles. The average molecular weight is 553 g/mol. The minimum Gasteiger partial charge on any atom is -0.354 e. The molecule has 208 valence electrons.